The Morgan fingerprint density at radius 2 is 1.80 bits per heavy atom. The first-order chi connectivity index (χ1) is 12.1. The van der Waals surface area contributed by atoms with Crippen LogP contribution in [0.4, 0.5) is 5.95 Å². The molecule has 0 aliphatic carbocycles. The van der Waals surface area contributed by atoms with E-state index < -0.39 is 0 Å². The van der Waals surface area contributed by atoms with E-state index in [2.05, 4.69) is 15.3 Å². The number of carbonyl (C=O) groups excluding carboxylic acids is 2. The number of carbonyl (C=O) groups is 2. The molecule has 0 radical (unpaired) electrons. The van der Waals surface area contributed by atoms with Gasteiger partial charge in [0.25, 0.3) is 5.91 Å². The van der Waals surface area contributed by atoms with Gasteiger partial charge in [-0.15, -0.1) is 0 Å². The van der Waals surface area contributed by atoms with Crippen molar-refractivity contribution in [3.63, 3.8) is 0 Å². The molecule has 1 aliphatic rings. The van der Waals surface area contributed by atoms with Crippen LogP contribution in [-0.2, 0) is 11.3 Å². The molecule has 7 nitrogen and oxygen atoms in total. The third-order valence-corrected chi connectivity index (χ3v) is 4.18. The maximum Gasteiger partial charge on any atom is 0.270 e. The van der Waals surface area contributed by atoms with E-state index in [-0.39, 0.29) is 11.8 Å². The van der Waals surface area contributed by atoms with Crippen molar-refractivity contribution < 1.29 is 9.59 Å². The van der Waals surface area contributed by atoms with E-state index in [1.807, 2.05) is 35.2 Å². The van der Waals surface area contributed by atoms with E-state index >= 15 is 0 Å². The second kappa shape index (κ2) is 7.74. The molecule has 0 atom stereocenters. The SMILES string of the molecule is CC(=O)N1CCN(c2nccc(C(=O)NCc3ccccc3)n2)CC1. The first kappa shape index (κ1) is 16.9. The van der Waals surface area contributed by atoms with E-state index in [0.29, 0.717) is 44.4 Å². The molecule has 25 heavy (non-hydrogen) atoms. The molecule has 2 aromatic rings. The Morgan fingerprint density at radius 1 is 1.08 bits per heavy atom. The van der Waals surface area contributed by atoms with Crippen LogP contribution in [0, 0.1) is 0 Å². The van der Waals surface area contributed by atoms with Crippen LogP contribution in [0.1, 0.15) is 23.0 Å². The van der Waals surface area contributed by atoms with Crippen molar-refractivity contribution in [1.29, 1.82) is 0 Å². The van der Waals surface area contributed by atoms with Crippen LogP contribution in [0.2, 0.25) is 0 Å². The van der Waals surface area contributed by atoms with Gasteiger partial charge < -0.3 is 15.1 Å². The average molecular weight is 339 g/mol. The fourth-order valence-electron chi connectivity index (χ4n) is 2.72. The number of hydrogen-bond acceptors (Lipinski definition) is 5. The first-order valence-electron chi connectivity index (χ1n) is 8.29. The summed E-state index contributed by atoms with van der Waals surface area (Å²) in [6.07, 6.45) is 1.59. The van der Waals surface area contributed by atoms with Gasteiger partial charge in [0.1, 0.15) is 5.69 Å². The molecule has 1 fully saturated rings. The molecule has 7 heteroatoms. The molecular weight excluding hydrogens is 318 g/mol. The van der Waals surface area contributed by atoms with Crippen LogP contribution in [0.5, 0.6) is 0 Å². The van der Waals surface area contributed by atoms with E-state index in [9.17, 15) is 9.59 Å². The molecule has 1 aromatic heterocycles. The van der Waals surface area contributed by atoms with Crippen LogP contribution in [-0.4, -0.2) is 52.9 Å². The van der Waals surface area contributed by atoms with Crippen LogP contribution < -0.4 is 10.2 Å². The third kappa shape index (κ3) is 4.32. The average Bonchev–Trinajstić information content (AvgIpc) is 2.67. The number of nitrogens with one attached hydrogen (secondary N) is 1. The van der Waals surface area contributed by atoms with E-state index in [1.54, 1.807) is 24.1 Å². The maximum absolute atomic E-state index is 12.3. The summed E-state index contributed by atoms with van der Waals surface area (Å²) in [4.78, 5) is 36.2. The summed E-state index contributed by atoms with van der Waals surface area (Å²) >= 11 is 0. The number of aromatic nitrogens is 2. The summed E-state index contributed by atoms with van der Waals surface area (Å²) in [6, 6.07) is 11.3. The number of hydrogen-bond donors (Lipinski definition) is 1. The first-order valence-corrected chi connectivity index (χ1v) is 8.29. The minimum Gasteiger partial charge on any atom is -0.347 e. The highest BCUT2D eigenvalue weighted by Gasteiger charge is 2.21. The molecule has 1 aliphatic heterocycles. The monoisotopic (exact) mass is 339 g/mol. The number of anilines is 1. The standard InChI is InChI=1S/C18H21N5O2/c1-14(24)22-9-11-23(12-10-22)18-19-8-7-16(21-18)17(25)20-13-15-5-3-2-4-6-15/h2-8H,9-13H2,1H3,(H,20,25). The minimum absolute atomic E-state index is 0.0783. The van der Waals surface area contributed by atoms with Crippen molar-refractivity contribution in [2.24, 2.45) is 0 Å². The van der Waals surface area contributed by atoms with Gasteiger partial charge >= 0.3 is 0 Å². The van der Waals surface area contributed by atoms with Crippen molar-refractivity contribution in [1.82, 2.24) is 20.2 Å². The molecule has 1 N–H and O–H groups in total. The van der Waals surface area contributed by atoms with Crippen LogP contribution >= 0.6 is 0 Å². The summed E-state index contributed by atoms with van der Waals surface area (Å²) in [5.74, 6) is 0.375. The van der Waals surface area contributed by atoms with E-state index in [0.717, 1.165) is 5.56 Å². The van der Waals surface area contributed by atoms with Crippen molar-refractivity contribution >= 4 is 17.8 Å². The van der Waals surface area contributed by atoms with Crippen LogP contribution in [0.15, 0.2) is 42.6 Å². The van der Waals surface area contributed by atoms with Gasteiger partial charge in [-0.3, -0.25) is 9.59 Å². The zero-order chi connectivity index (χ0) is 17.6. The van der Waals surface area contributed by atoms with Crippen LogP contribution in [0.25, 0.3) is 0 Å². The molecular formula is C18H21N5O2. The van der Waals surface area contributed by atoms with Crippen molar-refractivity contribution in [2.45, 2.75) is 13.5 Å². The molecule has 0 spiro atoms. The zero-order valence-corrected chi connectivity index (χ0v) is 14.2. The molecule has 2 heterocycles. The van der Waals surface area contributed by atoms with Gasteiger partial charge in [0, 0.05) is 45.8 Å². The molecule has 130 valence electrons. The predicted octanol–water partition coefficient (Wildman–Crippen LogP) is 1.08. The lowest BCUT2D eigenvalue weighted by atomic mass is 10.2. The third-order valence-electron chi connectivity index (χ3n) is 4.18. The van der Waals surface area contributed by atoms with Crippen molar-refractivity contribution in [2.75, 3.05) is 31.1 Å². The van der Waals surface area contributed by atoms with Crippen molar-refractivity contribution in [3.8, 4) is 0 Å². The molecule has 3 rings (SSSR count). The lowest BCUT2D eigenvalue weighted by Crippen LogP contribution is -2.48. The Labute approximate surface area is 146 Å². The maximum atomic E-state index is 12.3. The van der Waals surface area contributed by atoms with Gasteiger partial charge in [0.05, 0.1) is 0 Å². The number of nitrogens with zero attached hydrogens (tertiary/aromatic N) is 4. The number of benzene rings is 1. The molecule has 1 aromatic carbocycles. The normalized spacial score (nSPS) is 14.3. The molecule has 0 unspecified atom stereocenters. The van der Waals surface area contributed by atoms with Crippen molar-refractivity contribution in [3.05, 3.63) is 53.9 Å². The largest absolute Gasteiger partial charge is 0.347 e. The second-order valence-corrected chi connectivity index (χ2v) is 5.90. The van der Waals surface area contributed by atoms with Gasteiger partial charge in [0.15, 0.2) is 0 Å². The lowest BCUT2D eigenvalue weighted by molar-refractivity contribution is -0.129. The summed E-state index contributed by atoms with van der Waals surface area (Å²) in [5, 5.41) is 2.87. The Balaban J connectivity index is 1.61. The minimum atomic E-state index is -0.227. The fraction of sp³-hybridized carbons (Fsp3) is 0.333. The number of rotatable bonds is 4. The molecule has 2 amide bonds. The van der Waals surface area contributed by atoms with Gasteiger partial charge in [-0.05, 0) is 11.6 Å². The summed E-state index contributed by atoms with van der Waals surface area (Å²) in [5.41, 5.74) is 1.38. The molecule has 0 saturated carbocycles. The quantitative estimate of drug-likeness (QED) is 0.902. The van der Waals surface area contributed by atoms with Gasteiger partial charge in [0.2, 0.25) is 11.9 Å². The lowest BCUT2D eigenvalue weighted by Gasteiger charge is -2.34. The van der Waals surface area contributed by atoms with E-state index in [4.69, 9.17) is 0 Å². The Morgan fingerprint density at radius 3 is 2.48 bits per heavy atom. The smallest absolute Gasteiger partial charge is 0.270 e. The topological polar surface area (TPSA) is 78.4 Å². The summed E-state index contributed by atoms with van der Waals surface area (Å²) in [6.45, 7) is 4.63. The zero-order valence-electron chi connectivity index (χ0n) is 14.2. The van der Waals surface area contributed by atoms with E-state index in [1.165, 1.54) is 0 Å². The molecule has 1 saturated heterocycles. The second-order valence-electron chi connectivity index (χ2n) is 5.90. The van der Waals surface area contributed by atoms with Gasteiger partial charge in [-0.2, -0.15) is 0 Å². The summed E-state index contributed by atoms with van der Waals surface area (Å²) < 4.78 is 0. The van der Waals surface area contributed by atoms with Gasteiger partial charge in [-0.25, -0.2) is 9.97 Å². The Kier molecular flexibility index (Phi) is 5.23. The highest BCUT2D eigenvalue weighted by molar-refractivity contribution is 5.92. The highest BCUT2D eigenvalue weighted by Crippen LogP contribution is 2.11. The fourth-order valence-corrected chi connectivity index (χ4v) is 2.72. The Hall–Kier alpha value is -2.96. The highest BCUT2D eigenvalue weighted by atomic mass is 16.2. The summed E-state index contributed by atoms with van der Waals surface area (Å²) in [7, 11) is 0. The number of piperazine rings is 1. The predicted molar refractivity (Wildman–Crippen MR) is 94.1 cm³/mol. The number of amides is 2. The molecule has 0 bridgehead atoms. The van der Waals surface area contributed by atoms with Gasteiger partial charge in [-0.1, -0.05) is 30.3 Å². The van der Waals surface area contributed by atoms with Crippen LogP contribution in [0.3, 0.4) is 0 Å². The Bertz CT molecular complexity index is 742.